The van der Waals surface area contributed by atoms with Gasteiger partial charge < -0.3 is 34.7 Å². The van der Waals surface area contributed by atoms with Crippen molar-refractivity contribution in [2.45, 2.75) is 39.3 Å². The summed E-state index contributed by atoms with van der Waals surface area (Å²) in [6.07, 6.45) is 3.58. The molecule has 0 aromatic carbocycles. The number of aromatic amines is 1. The van der Waals surface area contributed by atoms with E-state index in [1.54, 1.807) is 26.2 Å². The predicted molar refractivity (Wildman–Crippen MR) is 174 cm³/mol. The molecule has 3 aromatic rings. The Kier molecular flexibility index (Phi) is 11.2. The molecular formula is C29H38Cl2N8O5S. The van der Waals surface area contributed by atoms with Gasteiger partial charge in [0, 0.05) is 58.1 Å². The summed E-state index contributed by atoms with van der Waals surface area (Å²) < 4.78 is 11.4. The van der Waals surface area contributed by atoms with E-state index in [1.807, 2.05) is 6.92 Å². The zero-order valence-electron chi connectivity index (χ0n) is 25.5. The number of piperidine rings is 1. The molecule has 0 bridgehead atoms. The highest BCUT2D eigenvalue weighted by Gasteiger charge is 2.35. The first-order valence-corrected chi connectivity index (χ1v) is 16.6. The molecule has 13 nitrogen and oxygen atoms in total. The van der Waals surface area contributed by atoms with Gasteiger partial charge in [-0.1, -0.05) is 34.5 Å². The van der Waals surface area contributed by atoms with Crippen molar-refractivity contribution in [2.24, 2.45) is 0 Å². The number of nitrogens with zero attached hydrogens (tertiary/aromatic N) is 6. The van der Waals surface area contributed by atoms with Gasteiger partial charge in [-0.2, -0.15) is 0 Å². The van der Waals surface area contributed by atoms with E-state index >= 15 is 0 Å². The number of nitrogens with one attached hydrogen (secondary N) is 2. The molecule has 3 N–H and O–H groups in total. The number of aryl methyl sites for hydroxylation is 1. The van der Waals surface area contributed by atoms with Crippen molar-refractivity contribution in [2.75, 3.05) is 75.4 Å². The Morgan fingerprint density at radius 2 is 1.87 bits per heavy atom. The molecule has 0 aliphatic carbocycles. The second kappa shape index (κ2) is 15.1. The van der Waals surface area contributed by atoms with Crippen molar-refractivity contribution in [1.29, 1.82) is 0 Å². The number of thiazole rings is 1. The first kappa shape index (κ1) is 33.4. The van der Waals surface area contributed by atoms with E-state index in [-0.39, 0.29) is 42.0 Å². The molecule has 0 saturated carbocycles. The summed E-state index contributed by atoms with van der Waals surface area (Å²) in [7, 11) is 0. The number of esters is 1. The number of ether oxygens (including phenoxy) is 2. The van der Waals surface area contributed by atoms with Crippen LogP contribution in [0.2, 0.25) is 10.0 Å². The van der Waals surface area contributed by atoms with Crippen LogP contribution in [-0.4, -0.2) is 120 Å². The van der Waals surface area contributed by atoms with E-state index in [0.717, 1.165) is 32.0 Å². The minimum Gasteiger partial charge on any atom is -0.462 e. The van der Waals surface area contributed by atoms with E-state index < -0.39 is 5.97 Å². The number of carbonyl (C=O) groups excluding carboxylic acids is 2. The summed E-state index contributed by atoms with van der Waals surface area (Å²) in [6, 6.07) is -0.278. The van der Waals surface area contributed by atoms with E-state index in [9.17, 15) is 14.7 Å². The molecule has 0 unspecified atom stereocenters. The average Bonchev–Trinajstić information content (AvgIpc) is 3.60. The lowest BCUT2D eigenvalue weighted by Gasteiger charge is -2.38. The van der Waals surface area contributed by atoms with Crippen LogP contribution in [0, 0.1) is 6.92 Å². The standard InChI is InChI=1S/C29H38Cl2N8O5S/c1-4-43-20-16-39(7-6-18(20)35-27(41)25-23(31)22(30)17(3)34-25)29-36-24(26(45-29)28(42)44-5-2)19-14-33-21(15-32-19)38-10-8-37(9-11-38)12-13-40/h14-15,18,20,34,40H,4-13,16H2,1-3H3,(H,35,41)/t18-,20+/m1/s1. The fourth-order valence-corrected chi connectivity index (χ4v) is 6.93. The van der Waals surface area contributed by atoms with Gasteiger partial charge in [-0.3, -0.25) is 9.69 Å². The number of aliphatic hydroxyl groups excluding tert-OH is 1. The lowest BCUT2D eigenvalue weighted by Crippen LogP contribution is -2.55. The van der Waals surface area contributed by atoms with E-state index in [1.165, 1.54) is 11.3 Å². The number of rotatable bonds is 11. The normalized spacial score (nSPS) is 19.2. The predicted octanol–water partition coefficient (Wildman–Crippen LogP) is 3.25. The Balaban J connectivity index is 1.32. The van der Waals surface area contributed by atoms with Crippen LogP contribution in [0.5, 0.6) is 0 Å². The van der Waals surface area contributed by atoms with Crippen molar-refractivity contribution in [3.8, 4) is 11.4 Å². The smallest absolute Gasteiger partial charge is 0.350 e. The van der Waals surface area contributed by atoms with Crippen molar-refractivity contribution in [3.63, 3.8) is 0 Å². The fourth-order valence-electron chi connectivity index (χ4n) is 5.51. The van der Waals surface area contributed by atoms with Crippen molar-refractivity contribution in [1.82, 2.24) is 30.2 Å². The topological polar surface area (TPSA) is 149 Å². The maximum Gasteiger partial charge on any atom is 0.350 e. The molecule has 0 radical (unpaired) electrons. The second-order valence-corrected chi connectivity index (χ2v) is 12.5. The maximum atomic E-state index is 13.1. The molecular weight excluding hydrogens is 643 g/mol. The molecule has 1 amide bonds. The third-order valence-corrected chi connectivity index (χ3v) is 9.92. The van der Waals surface area contributed by atoms with Crippen molar-refractivity contribution < 1.29 is 24.2 Å². The molecule has 5 rings (SSSR count). The van der Waals surface area contributed by atoms with Gasteiger partial charge in [0.05, 0.1) is 47.8 Å². The van der Waals surface area contributed by atoms with Crippen LogP contribution >= 0.6 is 34.5 Å². The number of piperazine rings is 1. The number of halogens is 2. The Hall–Kier alpha value is -3.01. The Morgan fingerprint density at radius 1 is 1.09 bits per heavy atom. The highest BCUT2D eigenvalue weighted by atomic mass is 35.5. The average molecular weight is 682 g/mol. The molecule has 2 aliphatic heterocycles. The number of aliphatic hydroxyl groups is 1. The van der Waals surface area contributed by atoms with Crippen LogP contribution in [0.1, 0.15) is 46.1 Å². The molecule has 3 aromatic heterocycles. The second-order valence-electron chi connectivity index (χ2n) is 10.8. The van der Waals surface area contributed by atoms with E-state index in [0.29, 0.717) is 64.8 Å². The SMILES string of the molecule is CCOC(=O)c1sc(N2CC[C@@H](NC(=O)c3[nH]c(C)c(Cl)c3Cl)[C@@H](OCC)C2)nc1-c1cnc(N2CCN(CCO)CC2)cn1. The van der Waals surface area contributed by atoms with Gasteiger partial charge in [-0.05, 0) is 27.2 Å². The van der Waals surface area contributed by atoms with E-state index in [2.05, 4.69) is 35.0 Å². The number of β-amino-alcohol motifs (C(OH)–C–C–N with tert-alkyl or cyclic N) is 1. The number of aromatic nitrogens is 4. The summed E-state index contributed by atoms with van der Waals surface area (Å²) in [6.45, 7) is 11.2. The fraction of sp³-hybridized carbons (Fsp3) is 0.552. The van der Waals surface area contributed by atoms with Crippen LogP contribution in [0.3, 0.4) is 0 Å². The van der Waals surface area contributed by atoms with Crippen LogP contribution < -0.4 is 15.1 Å². The monoisotopic (exact) mass is 680 g/mol. The van der Waals surface area contributed by atoms with Crippen LogP contribution in [0.25, 0.3) is 11.4 Å². The summed E-state index contributed by atoms with van der Waals surface area (Å²) in [5.74, 6) is -0.0759. The Labute approximate surface area is 275 Å². The third kappa shape index (κ3) is 7.53. The maximum absolute atomic E-state index is 13.1. The quantitative estimate of drug-likeness (QED) is 0.256. The van der Waals surface area contributed by atoms with Gasteiger partial charge in [0.2, 0.25) is 0 Å². The van der Waals surface area contributed by atoms with Crippen molar-refractivity contribution >= 4 is 57.4 Å². The van der Waals surface area contributed by atoms with Gasteiger partial charge in [-0.25, -0.2) is 19.7 Å². The molecule has 2 aliphatic rings. The number of H-pyrrole nitrogens is 1. The van der Waals surface area contributed by atoms with Gasteiger partial charge >= 0.3 is 5.97 Å². The zero-order valence-corrected chi connectivity index (χ0v) is 27.8. The number of amides is 1. The molecule has 2 fully saturated rings. The highest BCUT2D eigenvalue weighted by molar-refractivity contribution is 7.17. The van der Waals surface area contributed by atoms with Crippen molar-refractivity contribution in [3.05, 3.63) is 38.7 Å². The first-order chi connectivity index (χ1) is 21.7. The number of anilines is 2. The molecule has 16 heteroatoms. The van der Waals surface area contributed by atoms with Gasteiger partial charge in [0.1, 0.15) is 27.8 Å². The summed E-state index contributed by atoms with van der Waals surface area (Å²) in [5.41, 5.74) is 1.73. The minimum absolute atomic E-state index is 0.145. The number of carbonyl (C=O) groups is 2. The first-order valence-electron chi connectivity index (χ1n) is 15.0. The molecule has 5 heterocycles. The summed E-state index contributed by atoms with van der Waals surface area (Å²) in [5, 5.41) is 13.4. The lowest BCUT2D eigenvalue weighted by molar-refractivity contribution is 0.0272. The lowest BCUT2D eigenvalue weighted by atomic mass is 10.0. The zero-order chi connectivity index (χ0) is 32.1. The summed E-state index contributed by atoms with van der Waals surface area (Å²) in [4.78, 5) is 49.9. The van der Waals surface area contributed by atoms with Crippen LogP contribution in [0.15, 0.2) is 12.4 Å². The summed E-state index contributed by atoms with van der Waals surface area (Å²) >= 11 is 13.7. The minimum atomic E-state index is -0.470. The molecule has 45 heavy (non-hydrogen) atoms. The highest BCUT2D eigenvalue weighted by Crippen LogP contribution is 2.35. The van der Waals surface area contributed by atoms with Gasteiger partial charge in [-0.15, -0.1) is 0 Å². The van der Waals surface area contributed by atoms with E-state index in [4.69, 9.17) is 37.7 Å². The number of hydrogen-bond acceptors (Lipinski definition) is 12. The molecule has 2 atom stereocenters. The third-order valence-electron chi connectivity index (χ3n) is 7.88. The largest absolute Gasteiger partial charge is 0.462 e. The van der Waals surface area contributed by atoms with Gasteiger partial charge in [0.25, 0.3) is 5.91 Å². The molecule has 244 valence electrons. The molecule has 2 saturated heterocycles. The van der Waals surface area contributed by atoms with Crippen LogP contribution in [-0.2, 0) is 9.47 Å². The van der Waals surface area contributed by atoms with Gasteiger partial charge in [0.15, 0.2) is 5.13 Å². The Morgan fingerprint density at radius 3 is 2.49 bits per heavy atom. The Bertz CT molecular complexity index is 1480. The number of hydrogen-bond donors (Lipinski definition) is 3. The van der Waals surface area contributed by atoms with Crippen LogP contribution in [0.4, 0.5) is 10.9 Å². The molecule has 0 spiro atoms.